The van der Waals surface area contributed by atoms with E-state index in [0.717, 1.165) is 17.9 Å². The van der Waals surface area contributed by atoms with Crippen LogP contribution in [0.2, 0.25) is 0 Å². The minimum absolute atomic E-state index is 0.242. The summed E-state index contributed by atoms with van der Waals surface area (Å²) in [5.41, 5.74) is 6.07. The Labute approximate surface area is 189 Å². The molecule has 0 aliphatic heterocycles. The van der Waals surface area contributed by atoms with Crippen LogP contribution in [0.5, 0.6) is 5.75 Å². The zero-order valence-electron chi connectivity index (χ0n) is 18.8. The van der Waals surface area contributed by atoms with Gasteiger partial charge in [0.25, 0.3) is 0 Å². The van der Waals surface area contributed by atoms with Crippen molar-refractivity contribution in [2.45, 2.75) is 19.5 Å². The van der Waals surface area contributed by atoms with Crippen molar-refractivity contribution in [1.29, 1.82) is 0 Å². The molecule has 0 fully saturated rings. The SMILES string of the molecule is COc1ccc(CN[C@H](C)c2cccc3ccccc23)cc1-c1ccc2ccn(C)c2c1. The average Bonchev–Trinajstić information content (AvgIpc) is 3.22. The molecule has 0 saturated heterocycles. The lowest BCUT2D eigenvalue weighted by atomic mass is 9.98. The number of aryl methyl sites for hydroxylation is 1. The van der Waals surface area contributed by atoms with Crippen LogP contribution in [0.15, 0.2) is 91.1 Å². The van der Waals surface area contributed by atoms with Crippen LogP contribution in [0.3, 0.4) is 0 Å². The largest absolute Gasteiger partial charge is 0.496 e. The van der Waals surface area contributed by atoms with E-state index < -0.39 is 0 Å². The number of hydrogen-bond donors (Lipinski definition) is 1. The third-order valence-electron chi connectivity index (χ3n) is 6.37. The number of rotatable bonds is 6. The lowest BCUT2D eigenvalue weighted by molar-refractivity contribution is 0.416. The molecule has 1 N–H and O–H groups in total. The van der Waals surface area contributed by atoms with E-state index in [4.69, 9.17) is 4.74 Å². The molecule has 0 aliphatic carbocycles. The lowest BCUT2D eigenvalue weighted by Gasteiger charge is -2.18. The number of aromatic nitrogens is 1. The highest BCUT2D eigenvalue weighted by Crippen LogP contribution is 2.33. The highest BCUT2D eigenvalue weighted by atomic mass is 16.5. The Morgan fingerprint density at radius 2 is 1.72 bits per heavy atom. The smallest absolute Gasteiger partial charge is 0.126 e. The maximum absolute atomic E-state index is 5.69. The molecule has 0 unspecified atom stereocenters. The van der Waals surface area contributed by atoms with Gasteiger partial charge in [-0.15, -0.1) is 0 Å². The molecule has 5 rings (SSSR count). The van der Waals surface area contributed by atoms with Crippen molar-refractivity contribution >= 4 is 21.7 Å². The Hall–Kier alpha value is -3.56. The molecule has 0 aliphatic rings. The molecule has 4 aromatic carbocycles. The summed E-state index contributed by atoms with van der Waals surface area (Å²) < 4.78 is 7.85. The molecular formula is C29H28N2O. The van der Waals surface area contributed by atoms with Crippen molar-refractivity contribution in [2.24, 2.45) is 7.05 Å². The molecule has 0 saturated carbocycles. The quantitative estimate of drug-likeness (QED) is 0.325. The van der Waals surface area contributed by atoms with Crippen molar-refractivity contribution in [3.05, 3.63) is 102 Å². The van der Waals surface area contributed by atoms with Crippen LogP contribution >= 0.6 is 0 Å². The van der Waals surface area contributed by atoms with Gasteiger partial charge in [0.2, 0.25) is 0 Å². The fourth-order valence-electron chi connectivity index (χ4n) is 4.53. The summed E-state index contributed by atoms with van der Waals surface area (Å²) in [6.07, 6.45) is 2.10. The van der Waals surface area contributed by atoms with Gasteiger partial charge in [0.15, 0.2) is 0 Å². The van der Waals surface area contributed by atoms with Crippen LogP contribution in [0.4, 0.5) is 0 Å². The van der Waals surface area contributed by atoms with Gasteiger partial charge >= 0.3 is 0 Å². The Bertz CT molecular complexity index is 1390. The van der Waals surface area contributed by atoms with Gasteiger partial charge in [-0.1, -0.05) is 60.7 Å². The summed E-state index contributed by atoms with van der Waals surface area (Å²) >= 11 is 0. The monoisotopic (exact) mass is 420 g/mol. The molecule has 0 radical (unpaired) electrons. The van der Waals surface area contributed by atoms with Crippen LogP contribution < -0.4 is 10.1 Å². The van der Waals surface area contributed by atoms with E-state index >= 15 is 0 Å². The van der Waals surface area contributed by atoms with E-state index in [1.54, 1.807) is 7.11 Å². The van der Waals surface area contributed by atoms with Crippen molar-refractivity contribution in [3.63, 3.8) is 0 Å². The second-order valence-corrected chi connectivity index (χ2v) is 8.41. The number of fused-ring (bicyclic) bond motifs is 2. The van der Waals surface area contributed by atoms with Gasteiger partial charge in [-0.2, -0.15) is 0 Å². The van der Waals surface area contributed by atoms with E-state index in [0.29, 0.717) is 0 Å². The van der Waals surface area contributed by atoms with Gasteiger partial charge in [0.1, 0.15) is 5.75 Å². The maximum Gasteiger partial charge on any atom is 0.126 e. The summed E-state index contributed by atoms with van der Waals surface area (Å²) in [7, 11) is 3.82. The van der Waals surface area contributed by atoms with Gasteiger partial charge in [-0.3, -0.25) is 0 Å². The molecule has 3 heteroatoms. The number of benzene rings is 4. The second-order valence-electron chi connectivity index (χ2n) is 8.41. The van der Waals surface area contributed by atoms with Gasteiger partial charge in [0.05, 0.1) is 7.11 Å². The molecule has 1 aromatic heterocycles. The van der Waals surface area contributed by atoms with Gasteiger partial charge in [0, 0.05) is 36.9 Å². The molecule has 3 nitrogen and oxygen atoms in total. The van der Waals surface area contributed by atoms with E-state index in [9.17, 15) is 0 Å². The Kier molecular flexibility index (Phi) is 5.42. The van der Waals surface area contributed by atoms with Crippen LogP contribution in [0, 0.1) is 0 Å². The molecule has 0 amide bonds. The third-order valence-corrected chi connectivity index (χ3v) is 6.37. The highest BCUT2D eigenvalue weighted by Gasteiger charge is 2.12. The zero-order valence-corrected chi connectivity index (χ0v) is 18.8. The summed E-state index contributed by atoms with van der Waals surface area (Å²) in [4.78, 5) is 0. The highest BCUT2D eigenvalue weighted by molar-refractivity contribution is 5.87. The summed E-state index contributed by atoms with van der Waals surface area (Å²) in [5.74, 6) is 0.893. The predicted molar refractivity (Wildman–Crippen MR) is 134 cm³/mol. The first kappa shape index (κ1) is 20.3. The minimum Gasteiger partial charge on any atom is -0.496 e. The third kappa shape index (κ3) is 3.76. The molecular weight excluding hydrogens is 392 g/mol. The molecule has 32 heavy (non-hydrogen) atoms. The molecule has 5 aromatic rings. The first-order valence-corrected chi connectivity index (χ1v) is 11.1. The minimum atomic E-state index is 0.242. The van der Waals surface area contributed by atoms with Gasteiger partial charge in [-0.05, 0) is 64.0 Å². The van der Waals surface area contributed by atoms with Gasteiger partial charge < -0.3 is 14.6 Å². The first-order chi connectivity index (χ1) is 15.6. The number of ether oxygens (including phenoxy) is 1. The number of methoxy groups -OCH3 is 1. The molecule has 1 atom stereocenters. The standard InChI is InChI=1S/C29H28N2O/c1-20(25-10-6-8-22-7-4-5-9-26(22)25)30-19-21-11-14-29(32-3)27(17-21)24-13-12-23-15-16-31(2)28(23)18-24/h4-18,20,30H,19H2,1-3H3/t20-/m1/s1. The van der Waals surface area contributed by atoms with Crippen molar-refractivity contribution in [2.75, 3.05) is 7.11 Å². The molecule has 1 heterocycles. The predicted octanol–water partition coefficient (Wildman–Crippen LogP) is 6.86. The van der Waals surface area contributed by atoms with Crippen molar-refractivity contribution in [3.8, 4) is 16.9 Å². The van der Waals surface area contributed by atoms with E-state index in [-0.39, 0.29) is 6.04 Å². The van der Waals surface area contributed by atoms with Crippen LogP contribution in [-0.2, 0) is 13.6 Å². The van der Waals surface area contributed by atoms with Crippen molar-refractivity contribution in [1.82, 2.24) is 9.88 Å². The molecule has 160 valence electrons. The summed E-state index contributed by atoms with van der Waals surface area (Å²) in [5, 5.41) is 7.55. The fraction of sp³-hybridized carbons (Fsp3) is 0.172. The Morgan fingerprint density at radius 1 is 0.875 bits per heavy atom. The number of nitrogens with zero attached hydrogens (tertiary/aromatic N) is 1. The number of hydrogen-bond acceptors (Lipinski definition) is 2. The van der Waals surface area contributed by atoms with Crippen LogP contribution in [0.25, 0.3) is 32.8 Å². The number of nitrogens with one attached hydrogen (secondary N) is 1. The Morgan fingerprint density at radius 3 is 2.59 bits per heavy atom. The Balaban J connectivity index is 1.42. The van der Waals surface area contributed by atoms with Crippen molar-refractivity contribution < 1.29 is 4.74 Å². The maximum atomic E-state index is 5.69. The van der Waals surface area contributed by atoms with Crippen LogP contribution in [0.1, 0.15) is 24.1 Å². The second kappa shape index (κ2) is 8.52. The van der Waals surface area contributed by atoms with E-state index in [1.807, 2.05) is 0 Å². The zero-order chi connectivity index (χ0) is 22.1. The van der Waals surface area contributed by atoms with E-state index in [2.05, 4.69) is 115 Å². The van der Waals surface area contributed by atoms with Crippen LogP contribution in [-0.4, -0.2) is 11.7 Å². The fourth-order valence-corrected chi connectivity index (χ4v) is 4.53. The normalized spacial score (nSPS) is 12.3. The lowest BCUT2D eigenvalue weighted by Crippen LogP contribution is -2.18. The topological polar surface area (TPSA) is 26.2 Å². The average molecular weight is 421 g/mol. The van der Waals surface area contributed by atoms with Gasteiger partial charge in [-0.25, -0.2) is 0 Å². The molecule has 0 bridgehead atoms. The summed E-state index contributed by atoms with van der Waals surface area (Å²) in [6.45, 7) is 3.02. The van der Waals surface area contributed by atoms with E-state index in [1.165, 1.54) is 38.4 Å². The summed E-state index contributed by atoms with van der Waals surface area (Å²) in [6, 6.07) is 30.5. The molecule has 0 spiro atoms. The first-order valence-electron chi connectivity index (χ1n) is 11.1.